The number of anilines is 2. The van der Waals surface area contributed by atoms with E-state index in [1.54, 1.807) is 12.1 Å². The molecule has 2 heterocycles. The molecule has 0 radical (unpaired) electrons. The highest BCUT2D eigenvalue weighted by Gasteiger charge is 2.15. The summed E-state index contributed by atoms with van der Waals surface area (Å²) in [6, 6.07) is 12.2. The fourth-order valence-corrected chi connectivity index (χ4v) is 3.10. The summed E-state index contributed by atoms with van der Waals surface area (Å²) in [7, 11) is 1.27. The normalized spacial score (nSPS) is 10.2. The van der Waals surface area contributed by atoms with Crippen LogP contribution in [0.4, 0.5) is 10.7 Å². The maximum atomic E-state index is 12.1. The Labute approximate surface area is 174 Å². The van der Waals surface area contributed by atoms with Gasteiger partial charge in [-0.3, -0.25) is 9.59 Å². The Bertz CT molecular complexity index is 1060. The van der Waals surface area contributed by atoms with Gasteiger partial charge in [0.1, 0.15) is 4.88 Å². The van der Waals surface area contributed by atoms with E-state index < -0.39 is 30.4 Å². The maximum Gasteiger partial charge on any atom is 0.348 e. The molecule has 0 saturated carbocycles. The van der Waals surface area contributed by atoms with Crippen molar-refractivity contribution in [3.8, 4) is 0 Å². The van der Waals surface area contributed by atoms with E-state index in [0.29, 0.717) is 16.3 Å². The fraction of sp³-hybridized carbons (Fsp3) is 0.100. The molecule has 154 valence electrons. The Morgan fingerprint density at radius 1 is 0.967 bits per heavy atom. The minimum atomic E-state index is -0.699. The molecule has 2 aromatic heterocycles. The molecular formula is C20H16N2O7S. The smallest absolute Gasteiger partial charge is 0.348 e. The highest BCUT2D eigenvalue weighted by Crippen LogP contribution is 2.23. The summed E-state index contributed by atoms with van der Waals surface area (Å²) in [6.45, 7) is -0.496. The van der Waals surface area contributed by atoms with E-state index in [-0.39, 0.29) is 10.6 Å². The second kappa shape index (κ2) is 9.52. The number of methoxy groups -OCH3 is 1. The van der Waals surface area contributed by atoms with Gasteiger partial charge in [-0.1, -0.05) is 0 Å². The Morgan fingerprint density at radius 2 is 1.73 bits per heavy atom. The van der Waals surface area contributed by atoms with Crippen LogP contribution in [0.15, 0.2) is 59.2 Å². The number of hydrogen-bond donors (Lipinski definition) is 2. The van der Waals surface area contributed by atoms with E-state index in [2.05, 4.69) is 15.4 Å². The van der Waals surface area contributed by atoms with E-state index in [9.17, 15) is 19.2 Å². The summed E-state index contributed by atoms with van der Waals surface area (Å²) in [4.78, 5) is 47.6. The van der Waals surface area contributed by atoms with Gasteiger partial charge in [0, 0.05) is 5.69 Å². The van der Waals surface area contributed by atoms with Crippen molar-refractivity contribution in [2.75, 3.05) is 24.4 Å². The average Bonchev–Trinajstić information content (AvgIpc) is 3.44. The molecule has 0 fully saturated rings. The maximum absolute atomic E-state index is 12.1. The molecule has 0 spiro atoms. The van der Waals surface area contributed by atoms with Crippen molar-refractivity contribution in [2.24, 2.45) is 0 Å². The Hall–Kier alpha value is -3.92. The molecule has 0 aliphatic heterocycles. The van der Waals surface area contributed by atoms with Crippen LogP contribution in [0.1, 0.15) is 30.6 Å². The first-order valence-electron chi connectivity index (χ1n) is 8.56. The molecule has 9 nitrogen and oxygen atoms in total. The fourth-order valence-electron chi connectivity index (χ4n) is 2.30. The van der Waals surface area contributed by atoms with Crippen molar-refractivity contribution in [3.63, 3.8) is 0 Å². The quantitative estimate of drug-likeness (QED) is 0.554. The van der Waals surface area contributed by atoms with E-state index in [1.807, 2.05) is 0 Å². The molecule has 1 aromatic carbocycles. The molecule has 30 heavy (non-hydrogen) atoms. The lowest BCUT2D eigenvalue weighted by Crippen LogP contribution is -2.20. The first kappa shape index (κ1) is 20.8. The van der Waals surface area contributed by atoms with E-state index >= 15 is 0 Å². The third kappa shape index (κ3) is 5.32. The van der Waals surface area contributed by atoms with E-state index in [4.69, 9.17) is 9.15 Å². The third-order valence-electron chi connectivity index (χ3n) is 3.71. The number of rotatable bonds is 7. The minimum Gasteiger partial charge on any atom is -0.465 e. The van der Waals surface area contributed by atoms with Gasteiger partial charge in [-0.05, 0) is 48.5 Å². The van der Waals surface area contributed by atoms with Gasteiger partial charge < -0.3 is 24.5 Å². The zero-order valence-electron chi connectivity index (χ0n) is 15.7. The predicted octanol–water partition coefficient (Wildman–Crippen LogP) is 3.18. The second-order valence-electron chi connectivity index (χ2n) is 5.79. The van der Waals surface area contributed by atoms with Gasteiger partial charge in [-0.25, -0.2) is 9.59 Å². The Kier molecular flexibility index (Phi) is 6.60. The number of carbonyl (C=O) groups is 4. The summed E-state index contributed by atoms with van der Waals surface area (Å²) < 4.78 is 14.6. The van der Waals surface area contributed by atoms with Crippen LogP contribution in [-0.4, -0.2) is 37.5 Å². The van der Waals surface area contributed by atoms with Gasteiger partial charge in [0.15, 0.2) is 12.4 Å². The van der Waals surface area contributed by atoms with Gasteiger partial charge in [0.05, 0.1) is 23.9 Å². The summed E-state index contributed by atoms with van der Waals surface area (Å²) in [6.07, 6.45) is 1.38. The summed E-state index contributed by atoms with van der Waals surface area (Å²) >= 11 is 1.01. The molecule has 0 atom stereocenters. The van der Waals surface area contributed by atoms with Crippen molar-refractivity contribution in [2.45, 2.75) is 0 Å². The van der Waals surface area contributed by atoms with Crippen LogP contribution in [0.3, 0.4) is 0 Å². The van der Waals surface area contributed by atoms with Crippen LogP contribution >= 0.6 is 11.3 Å². The molecule has 0 saturated heterocycles. The van der Waals surface area contributed by atoms with Gasteiger partial charge in [-0.15, -0.1) is 11.3 Å². The van der Waals surface area contributed by atoms with E-state index in [0.717, 1.165) is 11.3 Å². The lowest BCUT2D eigenvalue weighted by Gasteiger charge is -2.06. The highest BCUT2D eigenvalue weighted by molar-refractivity contribution is 7.18. The average molecular weight is 428 g/mol. The summed E-state index contributed by atoms with van der Waals surface area (Å²) in [5.74, 6) is -2.03. The number of hydrogen-bond acceptors (Lipinski definition) is 8. The molecule has 0 unspecified atom stereocenters. The zero-order chi connectivity index (χ0) is 21.5. The van der Waals surface area contributed by atoms with Gasteiger partial charge in [0.2, 0.25) is 0 Å². The number of thiophene rings is 1. The van der Waals surface area contributed by atoms with Crippen LogP contribution in [0.5, 0.6) is 0 Å². The third-order valence-corrected chi connectivity index (χ3v) is 4.69. The lowest BCUT2D eigenvalue weighted by molar-refractivity contribution is -0.119. The molecule has 10 heteroatoms. The molecule has 0 aliphatic rings. The van der Waals surface area contributed by atoms with Crippen molar-refractivity contribution >= 4 is 45.8 Å². The number of ether oxygens (including phenoxy) is 2. The Balaban J connectivity index is 1.48. The Morgan fingerprint density at radius 3 is 2.40 bits per heavy atom. The van der Waals surface area contributed by atoms with E-state index in [1.165, 1.54) is 49.8 Å². The first-order valence-corrected chi connectivity index (χ1v) is 9.38. The van der Waals surface area contributed by atoms with Crippen LogP contribution in [0, 0.1) is 0 Å². The lowest BCUT2D eigenvalue weighted by atomic mass is 10.2. The van der Waals surface area contributed by atoms with Gasteiger partial charge >= 0.3 is 11.9 Å². The molecule has 0 aliphatic carbocycles. The number of furan rings is 1. The van der Waals surface area contributed by atoms with Crippen molar-refractivity contribution < 1.29 is 33.1 Å². The monoisotopic (exact) mass is 428 g/mol. The standard InChI is InChI=1S/C20H16N2O7S/c1-27-19(25)12-4-6-13(7-5-12)21-16(23)11-29-20(26)15-8-9-17(30-15)22-18(24)14-3-2-10-28-14/h2-10H,11H2,1H3,(H,21,23)(H,22,24). The van der Waals surface area contributed by atoms with Crippen molar-refractivity contribution in [1.82, 2.24) is 0 Å². The van der Waals surface area contributed by atoms with Crippen LogP contribution in [0.2, 0.25) is 0 Å². The molecule has 3 aromatic rings. The number of esters is 2. The molecule has 0 bridgehead atoms. The number of nitrogens with one attached hydrogen (secondary N) is 2. The van der Waals surface area contributed by atoms with Crippen LogP contribution in [-0.2, 0) is 14.3 Å². The van der Waals surface area contributed by atoms with Crippen LogP contribution < -0.4 is 10.6 Å². The summed E-state index contributed by atoms with van der Waals surface area (Å²) in [5.41, 5.74) is 0.775. The minimum absolute atomic E-state index is 0.142. The number of carbonyl (C=O) groups excluding carboxylic acids is 4. The summed E-state index contributed by atoms with van der Waals surface area (Å²) in [5, 5.41) is 5.58. The van der Waals surface area contributed by atoms with Gasteiger partial charge in [0.25, 0.3) is 11.8 Å². The predicted molar refractivity (Wildman–Crippen MR) is 108 cm³/mol. The molecule has 2 amide bonds. The topological polar surface area (TPSA) is 124 Å². The largest absolute Gasteiger partial charge is 0.465 e. The second-order valence-corrected chi connectivity index (χ2v) is 6.87. The van der Waals surface area contributed by atoms with Crippen molar-refractivity contribution in [1.29, 1.82) is 0 Å². The number of amides is 2. The first-order chi connectivity index (χ1) is 14.5. The number of benzene rings is 1. The van der Waals surface area contributed by atoms with Crippen LogP contribution in [0.25, 0.3) is 0 Å². The van der Waals surface area contributed by atoms with Crippen molar-refractivity contribution in [3.05, 3.63) is 71.0 Å². The SMILES string of the molecule is COC(=O)c1ccc(NC(=O)COC(=O)c2ccc(NC(=O)c3ccco3)s2)cc1. The highest BCUT2D eigenvalue weighted by atomic mass is 32.1. The molecule has 3 rings (SSSR count). The molecule has 2 N–H and O–H groups in total. The van der Waals surface area contributed by atoms with Gasteiger partial charge in [-0.2, -0.15) is 0 Å². The molecular weight excluding hydrogens is 412 g/mol. The zero-order valence-corrected chi connectivity index (χ0v) is 16.5.